The summed E-state index contributed by atoms with van der Waals surface area (Å²) in [5.41, 5.74) is 1.43. The minimum absolute atomic E-state index is 0.122. The van der Waals surface area contributed by atoms with E-state index in [1.54, 1.807) is 0 Å². The first-order chi connectivity index (χ1) is 7.72. The summed E-state index contributed by atoms with van der Waals surface area (Å²) < 4.78 is 4.67. The number of carbonyl (C=O) groups excluding carboxylic acids is 1. The number of hydrogen-bond acceptors (Lipinski definition) is 4. The smallest absolute Gasteiger partial charge is 0.306 e. The maximum absolute atomic E-state index is 11.1. The summed E-state index contributed by atoms with van der Waals surface area (Å²) in [6, 6.07) is 2.63. The van der Waals surface area contributed by atoms with Crippen LogP contribution in [-0.4, -0.2) is 31.1 Å². The van der Waals surface area contributed by atoms with Crippen LogP contribution in [0.2, 0.25) is 0 Å². The molecule has 1 aliphatic rings. The minimum Gasteiger partial charge on any atom is -0.469 e. The van der Waals surface area contributed by atoms with Crippen molar-refractivity contribution in [2.24, 2.45) is 0 Å². The van der Waals surface area contributed by atoms with Crippen LogP contribution in [0.15, 0.2) is 11.4 Å². The zero-order chi connectivity index (χ0) is 11.5. The molecule has 4 heteroatoms. The second-order valence-corrected chi connectivity index (χ2v) is 5.09. The molecule has 0 bridgehead atoms. The molecule has 0 saturated heterocycles. The number of hydrogen-bond donors (Lipinski definition) is 0. The molecule has 0 aromatic carbocycles. The lowest BCUT2D eigenvalue weighted by atomic mass is 10.0. The molecule has 1 aliphatic heterocycles. The lowest BCUT2D eigenvalue weighted by Gasteiger charge is -2.33. The molecule has 0 N–H and O–H groups in total. The molecule has 16 heavy (non-hydrogen) atoms. The van der Waals surface area contributed by atoms with Crippen LogP contribution in [0.1, 0.15) is 29.8 Å². The fraction of sp³-hybridized carbons (Fsp3) is 0.583. The Hall–Kier alpha value is -0.870. The van der Waals surface area contributed by atoms with Crippen molar-refractivity contribution in [1.29, 1.82) is 0 Å². The maximum atomic E-state index is 11.1. The Morgan fingerprint density at radius 3 is 3.25 bits per heavy atom. The Balaban J connectivity index is 1.96. The lowest BCUT2D eigenvalue weighted by Crippen LogP contribution is -2.34. The third kappa shape index (κ3) is 2.28. The monoisotopic (exact) mass is 239 g/mol. The predicted octanol–water partition coefficient (Wildman–Crippen LogP) is 2.23. The molecule has 0 fully saturated rings. The maximum Gasteiger partial charge on any atom is 0.306 e. The average Bonchev–Trinajstić information content (AvgIpc) is 2.76. The molecule has 2 heterocycles. The van der Waals surface area contributed by atoms with Gasteiger partial charge in [-0.15, -0.1) is 11.3 Å². The summed E-state index contributed by atoms with van der Waals surface area (Å²) in [7, 11) is 1.44. The van der Waals surface area contributed by atoms with Gasteiger partial charge in [-0.25, -0.2) is 0 Å². The molecule has 0 spiro atoms. The van der Waals surface area contributed by atoms with Crippen molar-refractivity contribution < 1.29 is 9.53 Å². The number of rotatable bonds is 3. The van der Waals surface area contributed by atoms with Crippen molar-refractivity contribution in [2.45, 2.75) is 25.8 Å². The Bertz CT molecular complexity index is 375. The highest BCUT2D eigenvalue weighted by Crippen LogP contribution is 2.32. The first-order valence-corrected chi connectivity index (χ1v) is 6.47. The fourth-order valence-corrected chi connectivity index (χ4v) is 3.17. The van der Waals surface area contributed by atoms with Crippen LogP contribution in [-0.2, 0) is 16.0 Å². The van der Waals surface area contributed by atoms with Crippen molar-refractivity contribution in [3.8, 4) is 0 Å². The van der Waals surface area contributed by atoms with E-state index in [0.29, 0.717) is 12.5 Å². The SMILES string of the molecule is COC(=O)CCN1CCc2sccc2C1C. The van der Waals surface area contributed by atoms with Crippen LogP contribution < -0.4 is 0 Å². The summed E-state index contributed by atoms with van der Waals surface area (Å²) in [4.78, 5) is 15.0. The van der Waals surface area contributed by atoms with Crippen LogP contribution >= 0.6 is 11.3 Å². The Morgan fingerprint density at radius 1 is 1.69 bits per heavy atom. The molecule has 0 amide bonds. The zero-order valence-corrected chi connectivity index (χ0v) is 10.5. The second-order valence-electron chi connectivity index (χ2n) is 4.09. The zero-order valence-electron chi connectivity index (χ0n) is 9.73. The van der Waals surface area contributed by atoms with E-state index in [2.05, 4.69) is 28.0 Å². The number of esters is 1. The third-order valence-corrected chi connectivity index (χ3v) is 4.23. The van der Waals surface area contributed by atoms with Crippen molar-refractivity contribution in [3.05, 3.63) is 21.9 Å². The van der Waals surface area contributed by atoms with Crippen molar-refractivity contribution >= 4 is 17.3 Å². The van der Waals surface area contributed by atoms with Gasteiger partial charge in [-0.1, -0.05) is 0 Å². The summed E-state index contributed by atoms with van der Waals surface area (Å²) in [5, 5.41) is 2.16. The van der Waals surface area contributed by atoms with Crippen molar-refractivity contribution in [2.75, 3.05) is 20.2 Å². The third-order valence-electron chi connectivity index (χ3n) is 3.23. The Kier molecular flexibility index (Phi) is 3.61. The van der Waals surface area contributed by atoms with E-state index >= 15 is 0 Å². The molecular formula is C12H17NO2S. The van der Waals surface area contributed by atoms with E-state index in [1.165, 1.54) is 17.6 Å². The van der Waals surface area contributed by atoms with Gasteiger partial charge < -0.3 is 4.74 Å². The molecule has 1 unspecified atom stereocenters. The topological polar surface area (TPSA) is 29.5 Å². The average molecular weight is 239 g/mol. The summed E-state index contributed by atoms with van der Waals surface area (Å²) >= 11 is 1.84. The van der Waals surface area contributed by atoms with Gasteiger partial charge in [0.1, 0.15) is 0 Å². The van der Waals surface area contributed by atoms with Gasteiger partial charge in [-0.3, -0.25) is 9.69 Å². The molecule has 0 aliphatic carbocycles. The molecular weight excluding hydrogens is 222 g/mol. The molecule has 0 radical (unpaired) electrons. The molecule has 1 aromatic rings. The van der Waals surface area contributed by atoms with Gasteiger partial charge >= 0.3 is 5.97 Å². The second kappa shape index (κ2) is 4.97. The van der Waals surface area contributed by atoms with Crippen LogP contribution in [0.25, 0.3) is 0 Å². The standard InChI is InChI=1S/C12H17NO2S/c1-9-10-5-8-16-11(10)3-6-13(9)7-4-12(14)15-2/h5,8-9H,3-4,6-7H2,1-2H3. The quantitative estimate of drug-likeness (QED) is 0.758. The molecule has 1 aromatic heterocycles. The largest absolute Gasteiger partial charge is 0.469 e. The molecule has 1 atom stereocenters. The first kappa shape index (κ1) is 11.6. The summed E-state index contributed by atoms with van der Waals surface area (Å²) in [6.45, 7) is 4.05. The van der Waals surface area contributed by atoms with E-state index in [9.17, 15) is 4.79 Å². The van der Waals surface area contributed by atoms with Gasteiger partial charge in [0.2, 0.25) is 0 Å². The van der Waals surface area contributed by atoms with Crippen LogP contribution in [0, 0.1) is 0 Å². The number of methoxy groups -OCH3 is 1. The number of thiophene rings is 1. The van der Waals surface area contributed by atoms with Gasteiger partial charge in [0.05, 0.1) is 13.5 Å². The van der Waals surface area contributed by atoms with E-state index in [-0.39, 0.29) is 5.97 Å². The van der Waals surface area contributed by atoms with E-state index < -0.39 is 0 Å². The van der Waals surface area contributed by atoms with Gasteiger partial charge in [0.25, 0.3) is 0 Å². The van der Waals surface area contributed by atoms with Crippen LogP contribution in [0.3, 0.4) is 0 Å². The van der Waals surface area contributed by atoms with E-state index in [1.807, 2.05) is 11.3 Å². The first-order valence-electron chi connectivity index (χ1n) is 5.59. The normalized spacial score (nSPS) is 20.5. The summed E-state index contributed by atoms with van der Waals surface area (Å²) in [6.07, 6.45) is 1.60. The van der Waals surface area contributed by atoms with E-state index in [4.69, 9.17) is 0 Å². The van der Waals surface area contributed by atoms with Crippen molar-refractivity contribution in [3.63, 3.8) is 0 Å². The number of nitrogens with zero attached hydrogens (tertiary/aromatic N) is 1. The molecule has 2 rings (SSSR count). The molecule has 88 valence electrons. The highest BCUT2D eigenvalue weighted by molar-refractivity contribution is 7.10. The highest BCUT2D eigenvalue weighted by Gasteiger charge is 2.24. The fourth-order valence-electron chi connectivity index (χ4n) is 2.20. The Morgan fingerprint density at radius 2 is 2.50 bits per heavy atom. The van der Waals surface area contributed by atoms with Crippen LogP contribution in [0.5, 0.6) is 0 Å². The van der Waals surface area contributed by atoms with Crippen LogP contribution in [0.4, 0.5) is 0 Å². The molecule has 0 saturated carbocycles. The highest BCUT2D eigenvalue weighted by atomic mass is 32.1. The van der Waals surface area contributed by atoms with Gasteiger partial charge in [0, 0.05) is 24.0 Å². The Labute approximate surface area is 100 Å². The predicted molar refractivity (Wildman–Crippen MR) is 64.6 cm³/mol. The minimum atomic E-state index is -0.122. The number of carbonyl (C=O) groups is 1. The number of fused-ring (bicyclic) bond motifs is 1. The van der Waals surface area contributed by atoms with Gasteiger partial charge in [-0.2, -0.15) is 0 Å². The molecule has 3 nitrogen and oxygen atoms in total. The van der Waals surface area contributed by atoms with Gasteiger partial charge in [-0.05, 0) is 30.4 Å². The van der Waals surface area contributed by atoms with Crippen molar-refractivity contribution in [1.82, 2.24) is 4.90 Å². The van der Waals surface area contributed by atoms with E-state index in [0.717, 1.165) is 19.5 Å². The lowest BCUT2D eigenvalue weighted by molar-refractivity contribution is -0.141. The number of ether oxygens (including phenoxy) is 1. The van der Waals surface area contributed by atoms with Gasteiger partial charge in [0.15, 0.2) is 0 Å². The summed E-state index contributed by atoms with van der Waals surface area (Å²) in [5.74, 6) is -0.122.